The van der Waals surface area contributed by atoms with Gasteiger partial charge in [-0.25, -0.2) is 4.98 Å². The van der Waals surface area contributed by atoms with Crippen molar-refractivity contribution < 1.29 is 9.85 Å². The maximum Gasteiger partial charge on any atom is 0.270 e. The summed E-state index contributed by atoms with van der Waals surface area (Å²) in [5.74, 6) is 0. The summed E-state index contributed by atoms with van der Waals surface area (Å²) in [6, 6.07) is 12.2. The lowest BCUT2D eigenvalue weighted by Gasteiger charge is -2.01. The third-order valence-electron chi connectivity index (χ3n) is 3.19. The molecule has 0 unspecified atom stereocenters. The van der Waals surface area contributed by atoms with Crippen molar-refractivity contribution in [2.45, 2.75) is 0 Å². The number of nitro groups is 2. The molecule has 0 saturated heterocycles. The first-order valence-corrected chi connectivity index (χ1v) is 7.63. The van der Waals surface area contributed by atoms with Gasteiger partial charge in [0.05, 0.1) is 15.5 Å². The summed E-state index contributed by atoms with van der Waals surface area (Å²) in [7, 11) is 0. The van der Waals surface area contributed by atoms with Gasteiger partial charge in [-0.3, -0.25) is 20.2 Å². The molecule has 0 aliphatic heterocycles. The summed E-state index contributed by atoms with van der Waals surface area (Å²) in [6.07, 6.45) is 0. The predicted octanol–water partition coefficient (Wildman–Crippen LogP) is 4.37. The first-order chi connectivity index (χ1) is 11.5. The van der Waals surface area contributed by atoms with Crippen LogP contribution < -0.4 is 5.32 Å². The molecule has 1 heterocycles. The molecular weight excluding hydrogens is 332 g/mol. The van der Waals surface area contributed by atoms with Crippen molar-refractivity contribution in [1.29, 1.82) is 0 Å². The Kier molecular flexibility index (Phi) is 4.17. The van der Waals surface area contributed by atoms with E-state index in [0.717, 1.165) is 0 Å². The Morgan fingerprint density at radius 3 is 2.33 bits per heavy atom. The Bertz CT molecular complexity index is 908. The molecule has 0 atom stereocenters. The van der Waals surface area contributed by atoms with Crippen molar-refractivity contribution in [3.8, 4) is 11.3 Å². The molecule has 1 N–H and O–H groups in total. The molecule has 0 bridgehead atoms. The van der Waals surface area contributed by atoms with Crippen molar-refractivity contribution in [3.63, 3.8) is 0 Å². The van der Waals surface area contributed by atoms with Gasteiger partial charge in [0, 0.05) is 40.9 Å². The van der Waals surface area contributed by atoms with Crippen LogP contribution in [0.4, 0.5) is 22.2 Å². The highest BCUT2D eigenvalue weighted by atomic mass is 32.1. The number of benzene rings is 2. The lowest BCUT2D eigenvalue weighted by atomic mass is 10.1. The molecule has 1 aromatic heterocycles. The van der Waals surface area contributed by atoms with E-state index in [1.807, 2.05) is 0 Å². The minimum Gasteiger partial charge on any atom is -0.332 e. The fourth-order valence-corrected chi connectivity index (χ4v) is 2.77. The second kappa shape index (κ2) is 6.42. The molecule has 120 valence electrons. The van der Waals surface area contributed by atoms with E-state index >= 15 is 0 Å². The third kappa shape index (κ3) is 3.36. The minimum absolute atomic E-state index is 0.00498. The SMILES string of the molecule is O=[N+]([O-])c1ccc(Nc2nc(-c3cccc([N+](=O)[O-])c3)cs2)cc1. The van der Waals surface area contributed by atoms with E-state index in [9.17, 15) is 20.2 Å². The number of thiazole rings is 1. The van der Waals surface area contributed by atoms with E-state index in [1.54, 1.807) is 29.6 Å². The Morgan fingerprint density at radius 2 is 1.67 bits per heavy atom. The number of hydrogen-bond donors (Lipinski definition) is 1. The smallest absolute Gasteiger partial charge is 0.270 e. The molecule has 0 spiro atoms. The van der Waals surface area contributed by atoms with Gasteiger partial charge in [-0.05, 0) is 12.1 Å². The Morgan fingerprint density at radius 1 is 0.958 bits per heavy atom. The van der Waals surface area contributed by atoms with Crippen molar-refractivity contribution in [2.75, 3.05) is 5.32 Å². The first-order valence-electron chi connectivity index (χ1n) is 6.75. The van der Waals surface area contributed by atoms with Crippen molar-refractivity contribution >= 4 is 33.5 Å². The molecule has 8 nitrogen and oxygen atoms in total. The van der Waals surface area contributed by atoms with Gasteiger partial charge in [0.1, 0.15) is 0 Å². The van der Waals surface area contributed by atoms with Crippen LogP contribution in [0.25, 0.3) is 11.3 Å². The summed E-state index contributed by atoms with van der Waals surface area (Å²) in [5, 5.41) is 26.9. The topological polar surface area (TPSA) is 111 Å². The van der Waals surface area contributed by atoms with Crippen LogP contribution in [0, 0.1) is 20.2 Å². The fraction of sp³-hybridized carbons (Fsp3) is 0. The van der Waals surface area contributed by atoms with Gasteiger partial charge in [-0.2, -0.15) is 0 Å². The van der Waals surface area contributed by atoms with Gasteiger partial charge in [0.25, 0.3) is 11.4 Å². The average Bonchev–Trinajstić information content (AvgIpc) is 3.04. The van der Waals surface area contributed by atoms with Crippen LogP contribution >= 0.6 is 11.3 Å². The molecule has 0 fully saturated rings. The van der Waals surface area contributed by atoms with Crippen LogP contribution in [0.5, 0.6) is 0 Å². The van der Waals surface area contributed by atoms with Gasteiger partial charge in [0.15, 0.2) is 5.13 Å². The summed E-state index contributed by atoms with van der Waals surface area (Å²) in [4.78, 5) is 24.9. The highest BCUT2D eigenvalue weighted by Crippen LogP contribution is 2.29. The number of non-ortho nitro benzene ring substituents is 2. The van der Waals surface area contributed by atoms with Gasteiger partial charge in [0.2, 0.25) is 0 Å². The molecule has 24 heavy (non-hydrogen) atoms. The molecule has 2 aromatic carbocycles. The Labute approximate surface area is 139 Å². The largest absolute Gasteiger partial charge is 0.332 e. The molecule has 9 heteroatoms. The maximum atomic E-state index is 10.8. The standard InChI is InChI=1S/C15H10N4O4S/c20-18(21)12-6-4-11(5-7-12)16-15-17-14(9-24-15)10-2-1-3-13(8-10)19(22)23/h1-9H,(H,16,17). The van der Waals surface area contributed by atoms with Crippen LogP contribution in [0.1, 0.15) is 0 Å². The number of nitro benzene ring substituents is 2. The number of hydrogen-bond acceptors (Lipinski definition) is 7. The molecule has 0 amide bonds. The second-order valence-electron chi connectivity index (χ2n) is 4.77. The van der Waals surface area contributed by atoms with E-state index in [4.69, 9.17) is 0 Å². The van der Waals surface area contributed by atoms with Crippen LogP contribution in [0.2, 0.25) is 0 Å². The van der Waals surface area contributed by atoms with Gasteiger partial charge in [-0.1, -0.05) is 12.1 Å². The van der Waals surface area contributed by atoms with E-state index in [2.05, 4.69) is 10.3 Å². The normalized spacial score (nSPS) is 10.3. The number of nitrogens with zero attached hydrogens (tertiary/aromatic N) is 3. The predicted molar refractivity (Wildman–Crippen MR) is 90.6 cm³/mol. The lowest BCUT2D eigenvalue weighted by molar-refractivity contribution is -0.385. The third-order valence-corrected chi connectivity index (χ3v) is 3.94. The molecule has 0 aliphatic rings. The van der Waals surface area contributed by atoms with Crippen LogP contribution in [-0.4, -0.2) is 14.8 Å². The fourth-order valence-electron chi connectivity index (χ4n) is 2.03. The van der Waals surface area contributed by atoms with Gasteiger partial charge >= 0.3 is 0 Å². The summed E-state index contributed by atoms with van der Waals surface area (Å²) in [6.45, 7) is 0. The number of rotatable bonds is 5. The zero-order valence-corrected chi connectivity index (χ0v) is 12.9. The molecular formula is C15H10N4O4S. The summed E-state index contributed by atoms with van der Waals surface area (Å²) < 4.78 is 0. The molecule has 0 radical (unpaired) electrons. The van der Waals surface area contributed by atoms with Crippen LogP contribution in [0.15, 0.2) is 53.9 Å². The monoisotopic (exact) mass is 342 g/mol. The van der Waals surface area contributed by atoms with Crippen molar-refractivity contribution in [2.24, 2.45) is 0 Å². The number of anilines is 2. The summed E-state index contributed by atoms with van der Waals surface area (Å²) in [5.41, 5.74) is 1.95. The maximum absolute atomic E-state index is 10.8. The van der Waals surface area contributed by atoms with Gasteiger partial charge < -0.3 is 5.32 Å². The van der Waals surface area contributed by atoms with E-state index < -0.39 is 9.85 Å². The van der Waals surface area contributed by atoms with E-state index in [1.165, 1.54) is 35.6 Å². The highest BCUT2D eigenvalue weighted by molar-refractivity contribution is 7.14. The van der Waals surface area contributed by atoms with E-state index in [0.29, 0.717) is 22.1 Å². The van der Waals surface area contributed by atoms with Crippen LogP contribution in [0.3, 0.4) is 0 Å². The van der Waals surface area contributed by atoms with E-state index in [-0.39, 0.29) is 11.4 Å². The minimum atomic E-state index is -0.465. The second-order valence-corrected chi connectivity index (χ2v) is 5.63. The molecule has 0 saturated carbocycles. The van der Waals surface area contributed by atoms with Crippen molar-refractivity contribution in [1.82, 2.24) is 4.98 Å². The molecule has 3 aromatic rings. The molecule has 3 rings (SSSR count). The highest BCUT2D eigenvalue weighted by Gasteiger charge is 2.10. The van der Waals surface area contributed by atoms with Crippen molar-refractivity contribution in [3.05, 3.63) is 74.1 Å². The quantitative estimate of drug-likeness (QED) is 0.544. The van der Waals surface area contributed by atoms with Gasteiger partial charge in [-0.15, -0.1) is 11.3 Å². The Balaban J connectivity index is 1.79. The zero-order valence-electron chi connectivity index (χ0n) is 12.1. The van der Waals surface area contributed by atoms with Crippen LogP contribution in [-0.2, 0) is 0 Å². The Hall–Kier alpha value is -3.33. The zero-order chi connectivity index (χ0) is 17.1. The lowest BCUT2D eigenvalue weighted by Crippen LogP contribution is -1.92. The molecule has 0 aliphatic carbocycles. The summed E-state index contributed by atoms with van der Waals surface area (Å²) >= 11 is 1.34. The number of aromatic nitrogens is 1. The first kappa shape index (κ1) is 15.6. The average molecular weight is 342 g/mol. The number of nitrogens with one attached hydrogen (secondary N) is 1.